The SMILES string of the molecule is CNCC1(C(NC)c2ccc(SC)cc2)CC1. The maximum atomic E-state index is 3.50. The van der Waals surface area contributed by atoms with Crippen molar-refractivity contribution < 1.29 is 0 Å². The molecule has 1 unspecified atom stereocenters. The van der Waals surface area contributed by atoms with Crippen molar-refractivity contribution in [1.82, 2.24) is 10.6 Å². The van der Waals surface area contributed by atoms with Crippen molar-refractivity contribution >= 4 is 11.8 Å². The standard InChI is InChI=1S/C14H22N2S/c1-15-10-14(8-9-14)13(16-2)11-4-6-12(17-3)7-5-11/h4-7,13,15-16H,8-10H2,1-3H3. The maximum absolute atomic E-state index is 3.50. The highest BCUT2D eigenvalue weighted by molar-refractivity contribution is 7.98. The van der Waals surface area contributed by atoms with Gasteiger partial charge in [-0.2, -0.15) is 0 Å². The van der Waals surface area contributed by atoms with Gasteiger partial charge in [0.05, 0.1) is 0 Å². The Morgan fingerprint density at radius 3 is 2.29 bits per heavy atom. The number of thioether (sulfide) groups is 1. The van der Waals surface area contributed by atoms with Crippen molar-refractivity contribution in [2.24, 2.45) is 5.41 Å². The largest absolute Gasteiger partial charge is 0.319 e. The van der Waals surface area contributed by atoms with Crippen molar-refractivity contribution in [1.29, 1.82) is 0 Å². The third-order valence-corrected chi connectivity index (χ3v) is 4.51. The van der Waals surface area contributed by atoms with Crippen LogP contribution in [-0.2, 0) is 0 Å². The molecule has 0 amide bonds. The van der Waals surface area contributed by atoms with Crippen molar-refractivity contribution in [2.75, 3.05) is 26.9 Å². The van der Waals surface area contributed by atoms with Gasteiger partial charge in [0.15, 0.2) is 0 Å². The topological polar surface area (TPSA) is 24.1 Å². The summed E-state index contributed by atoms with van der Waals surface area (Å²) < 4.78 is 0. The molecule has 0 bridgehead atoms. The molecule has 0 aromatic heterocycles. The third-order valence-electron chi connectivity index (χ3n) is 3.77. The van der Waals surface area contributed by atoms with Crippen molar-refractivity contribution in [3.63, 3.8) is 0 Å². The van der Waals surface area contributed by atoms with Gasteiger partial charge >= 0.3 is 0 Å². The zero-order valence-electron chi connectivity index (χ0n) is 10.9. The van der Waals surface area contributed by atoms with E-state index in [4.69, 9.17) is 0 Å². The lowest BCUT2D eigenvalue weighted by molar-refractivity contribution is 0.347. The highest BCUT2D eigenvalue weighted by atomic mass is 32.2. The fourth-order valence-electron chi connectivity index (χ4n) is 2.70. The maximum Gasteiger partial charge on any atom is 0.0386 e. The van der Waals surface area contributed by atoms with E-state index in [0.717, 1.165) is 6.54 Å². The molecule has 1 aromatic carbocycles. The summed E-state index contributed by atoms with van der Waals surface area (Å²) in [5.41, 5.74) is 1.85. The lowest BCUT2D eigenvalue weighted by atomic mass is 9.90. The van der Waals surface area contributed by atoms with E-state index in [-0.39, 0.29) is 0 Å². The quantitative estimate of drug-likeness (QED) is 0.759. The lowest BCUT2D eigenvalue weighted by Crippen LogP contribution is -2.33. The average Bonchev–Trinajstić information content (AvgIpc) is 3.12. The molecule has 2 rings (SSSR count). The Morgan fingerprint density at radius 1 is 1.24 bits per heavy atom. The minimum atomic E-state index is 0.435. The summed E-state index contributed by atoms with van der Waals surface area (Å²) in [7, 11) is 4.12. The zero-order valence-corrected chi connectivity index (χ0v) is 11.7. The second-order valence-electron chi connectivity index (χ2n) is 4.89. The number of benzene rings is 1. The first-order valence-electron chi connectivity index (χ1n) is 6.21. The predicted molar refractivity (Wildman–Crippen MR) is 75.6 cm³/mol. The number of nitrogens with one attached hydrogen (secondary N) is 2. The summed E-state index contributed by atoms with van der Waals surface area (Å²) in [5, 5.41) is 6.83. The fraction of sp³-hybridized carbons (Fsp3) is 0.571. The van der Waals surface area contributed by atoms with Gasteiger partial charge in [-0.3, -0.25) is 0 Å². The van der Waals surface area contributed by atoms with E-state index in [1.54, 1.807) is 11.8 Å². The first-order valence-corrected chi connectivity index (χ1v) is 7.44. The number of hydrogen-bond acceptors (Lipinski definition) is 3. The first-order chi connectivity index (χ1) is 8.25. The molecule has 0 spiro atoms. The summed E-state index contributed by atoms with van der Waals surface area (Å²) in [6.45, 7) is 1.10. The molecular formula is C14H22N2S. The highest BCUT2D eigenvalue weighted by Crippen LogP contribution is 2.54. The Balaban J connectivity index is 2.17. The molecular weight excluding hydrogens is 228 g/mol. The predicted octanol–water partition coefficient (Wildman–Crippen LogP) is 2.67. The normalized spacial score (nSPS) is 19.0. The van der Waals surface area contributed by atoms with Gasteiger partial charge in [0.2, 0.25) is 0 Å². The van der Waals surface area contributed by atoms with Crippen LogP contribution in [0, 0.1) is 5.41 Å². The van der Waals surface area contributed by atoms with Crippen LogP contribution >= 0.6 is 11.8 Å². The molecule has 1 fully saturated rings. The molecule has 1 aliphatic rings. The summed E-state index contributed by atoms with van der Waals surface area (Å²) in [5.74, 6) is 0. The summed E-state index contributed by atoms with van der Waals surface area (Å²) in [6.07, 6.45) is 4.77. The van der Waals surface area contributed by atoms with Crippen LogP contribution < -0.4 is 10.6 Å². The average molecular weight is 250 g/mol. The van der Waals surface area contributed by atoms with E-state index in [9.17, 15) is 0 Å². The Kier molecular flexibility index (Phi) is 4.13. The smallest absolute Gasteiger partial charge is 0.0386 e. The minimum absolute atomic E-state index is 0.435. The molecule has 1 saturated carbocycles. The van der Waals surface area contributed by atoms with Crippen LogP contribution in [0.2, 0.25) is 0 Å². The molecule has 1 aromatic rings. The Bertz CT molecular complexity index is 357. The van der Waals surface area contributed by atoms with E-state index in [0.29, 0.717) is 11.5 Å². The molecule has 0 radical (unpaired) electrons. The summed E-state index contributed by atoms with van der Waals surface area (Å²) >= 11 is 1.80. The third kappa shape index (κ3) is 2.67. The lowest BCUT2D eigenvalue weighted by Gasteiger charge is -2.27. The molecule has 0 aliphatic heterocycles. The van der Waals surface area contributed by atoms with E-state index in [1.807, 2.05) is 7.05 Å². The van der Waals surface area contributed by atoms with Crippen molar-refractivity contribution in [3.05, 3.63) is 29.8 Å². The Hall–Kier alpha value is -0.510. The Morgan fingerprint density at radius 2 is 1.88 bits per heavy atom. The number of hydrogen-bond donors (Lipinski definition) is 2. The van der Waals surface area contributed by atoms with Gasteiger partial charge < -0.3 is 10.6 Å². The molecule has 0 heterocycles. The fourth-order valence-corrected chi connectivity index (χ4v) is 3.11. The molecule has 2 nitrogen and oxygen atoms in total. The van der Waals surface area contributed by atoms with Crippen LogP contribution in [0.3, 0.4) is 0 Å². The van der Waals surface area contributed by atoms with Gasteiger partial charge in [-0.1, -0.05) is 12.1 Å². The monoisotopic (exact) mass is 250 g/mol. The molecule has 1 aliphatic carbocycles. The molecule has 2 N–H and O–H groups in total. The second kappa shape index (κ2) is 5.42. The van der Waals surface area contributed by atoms with Crippen molar-refractivity contribution in [3.8, 4) is 0 Å². The van der Waals surface area contributed by atoms with Crippen molar-refractivity contribution in [2.45, 2.75) is 23.8 Å². The van der Waals surface area contributed by atoms with Gasteiger partial charge in [-0.15, -0.1) is 11.8 Å². The second-order valence-corrected chi connectivity index (χ2v) is 5.77. The first kappa shape index (κ1) is 12.9. The zero-order chi connectivity index (χ0) is 12.3. The van der Waals surface area contributed by atoms with Gasteiger partial charge in [0.25, 0.3) is 0 Å². The molecule has 17 heavy (non-hydrogen) atoms. The van der Waals surface area contributed by atoms with Crippen LogP contribution in [-0.4, -0.2) is 26.9 Å². The Labute approximate surface area is 109 Å². The van der Waals surface area contributed by atoms with E-state index >= 15 is 0 Å². The van der Waals surface area contributed by atoms with E-state index in [1.165, 1.54) is 23.3 Å². The van der Waals surface area contributed by atoms with Crippen LogP contribution in [0.25, 0.3) is 0 Å². The summed E-state index contributed by atoms with van der Waals surface area (Å²) in [6, 6.07) is 9.45. The minimum Gasteiger partial charge on any atom is -0.319 e. The van der Waals surface area contributed by atoms with Gasteiger partial charge in [-0.25, -0.2) is 0 Å². The highest BCUT2D eigenvalue weighted by Gasteiger charge is 2.48. The molecule has 1 atom stereocenters. The van der Waals surface area contributed by atoms with Crippen LogP contribution in [0.5, 0.6) is 0 Å². The number of rotatable bonds is 6. The van der Waals surface area contributed by atoms with Crippen LogP contribution in [0.4, 0.5) is 0 Å². The van der Waals surface area contributed by atoms with Gasteiger partial charge in [0.1, 0.15) is 0 Å². The van der Waals surface area contributed by atoms with E-state index in [2.05, 4.69) is 48.2 Å². The molecule has 3 heteroatoms. The van der Waals surface area contributed by atoms with Gasteiger partial charge in [-0.05, 0) is 50.9 Å². The molecule has 94 valence electrons. The van der Waals surface area contributed by atoms with E-state index < -0.39 is 0 Å². The summed E-state index contributed by atoms with van der Waals surface area (Å²) in [4.78, 5) is 1.34. The van der Waals surface area contributed by atoms with Crippen LogP contribution in [0.15, 0.2) is 29.2 Å². The molecule has 0 saturated heterocycles. The van der Waals surface area contributed by atoms with Gasteiger partial charge in [0, 0.05) is 22.9 Å². The van der Waals surface area contributed by atoms with Crippen LogP contribution in [0.1, 0.15) is 24.4 Å².